The molecule has 0 radical (unpaired) electrons. The first-order chi connectivity index (χ1) is 16.8. The lowest BCUT2D eigenvalue weighted by Crippen LogP contribution is -2.35. The largest absolute Gasteiger partial charge is 0.322 e. The summed E-state index contributed by atoms with van der Waals surface area (Å²) >= 11 is 0. The number of anilines is 1. The number of hydrogen-bond donors (Lipinski definition) is 1. The summed E-state index contributed by atoms with van der Waals surface area (Å²) in [6, 6.07) is 21.1. The number of hydrogen-bond acceptors (Lipinski definition) is 5. The van der Waals surface area contributed by atoms with Crippen molar-refractivity contribution in [3.05, 3.63) is 100 Å². The second-order valence-electron chi connectivity index (χ2n) is 8.22. The van der Waals surface area contributed by atoms with Gasteiger partial charge in [-0.3, -0.25) is 14.9 Å². The minimum Gasteiger partial charge on any atom is -0.322 e. The van der Waals surface area contributed by atoms with Gasteiger partial charge in [-0.15, -0.1) is 0 Å². The molecule has 8 nitrogen and oxygen atoms in total. The van der Waals surface area contributed by atoms with Crippen LogP contribution in [0.15, 0.2) is 83.8 Å². The summed E-state index contributed by atoms with van der Waals surface area (Å²) in [4.78, 5) is 23.9. The molecule has 1 saturated heterocycles. The van der Waals surface area contributed by atoms with E-state index in [0.29, 0.717) is 35.5 Å². The highest BCUT2D eigenvalue weighted by molar-refractivity contribution is 7.89. The van der Waals surface area contributed by atoms with Gasteiger partial charge in [0, 0.05) is 36.5 Å². The van der Waals surface area contributed by atoms with Crippen molar-refractivity contribution in [3.63, 3.8) is 0 Å². The summed E-state index contributed by atoms with van der Waals surface area (Å²) in [5, 5.41) is 13.8. The molecule has 1 N–H and O–H groups in total. The Hall–Kier alpha value is -3.82. The van der Waals surface area contributed by atoms with Gasteiger partial charge in [-0.2, -0.15) is 4.31 Å². The summed E-state index contributed by atoms with van der Waals surface area (Å²) in [5.74, 6) is -0.388. The highest BCUT2D eigenvalue weighted by Gasteiger charge is 2.25. The number of nitrogens with zero attached hydrogens (tertiary/aromatic N) is 2. The van der Waals surface area contributed by atoms with Gasteiger partial charge in [-0.05, 0) is 66.4 Å². The summed E-state index contributed by atoms with van der Waals surface area (Å²) in [6.45, 7) is 1.05. The Bertz CT molecular complexity index is 1330. The smallest absolute Gasteiger partial charge is 0.269 e. The predicted octanol–water partition coefficient (Wildman–Crippen LogP) is 4.95. The van der Waals surface area contributed by atoms with E-state index in [1.807, 2.05) is 18.2 Å². The van der Waals surface area contributed by atoms with Crippen LogP contribution in [0.25, 0.3) is 11.6 Å². The number of benzene rings is 3. The topological polar surface area (TPSA) is 110 Å². The lowest BCUT2D eigenvalue weighted by Gasteiger charge is -2.25. The number of rotatable bonds is 7. The van der Waals surface area contributed by atoms with E-state index in [9.17, 15) is 23.3 Å². The fourth-order valence-corrected chi connectivity index (χ4v) is 5.44. The monoisotopic (exact) mass is 491 g/mol. The molecule has 35 heavy (non-hydrogen) atoms. The Morgan fingerprint density at radius 1 is 0.886 bits per heavy atom. The number of sulfonamides is 1. The first-order valence-electron chi connectivity index (χ1n) is 11.3. The third-order valence-electron chi connectivity index (χ3n) is 5.81. The first-order valence-corrected chi connectivity index (χ1v) is 12.7. The molecule has 3 aromatic carbocycles. The zero-order valence-corrected chi connectivity index (χ0v) is 19.8. The summed E-state index contributed by atoms with van der Waals surface area (Å²) < 4.78 is 27.2. The number of piperidine rings is 1. The van der Waals surface area contributed by atoms with Crippen LogP contribution in [0.2, 0.25) is 0 Å². The highest BCUT2D eigenvalue weighted by Crippen LogP contribution is 2.24. The van der Waals surface area contributed by atoms with Crippen molar-refractivity contribution in [2.24, 2.45) is 0 Å². The molecular formula is C26H25N3O5S. The lowest BCUT2D eigenvalue weighted by molar-refractivity contribution is -0.384. The van der Waals surface area contributed by atoms with Crippen molar-refractivity contribution in [2.75, 3.05) is 18.4 Å². The predicted molar refractivity (Wildman–Crippen MR) is 135 cm³/mol. The second-order valence-corrected chi connectivity index (χ2v) is 10.2. The fraction of sp³-hybridized carbons (Fsp3) is 0.192. The maximum absolute atomic E-state index is 13.2. The summed E-state index contributed by atoms with van der Waals surface area (Å²) in [6.07, 6.45) is 4.41. The van der Waals surface area contributed by atoms with Gasteiger partial charge in [-0.25, -0.2) is 8.42 Å². The number of non-ortho nitro benzene ring substituents is 1. The van der Waals surface area contributed by atoms with E-state index in [4.69, 9.17) is 0 Å². The van der Waals surface area contributed by atoms with Gasteiger partial charge >= 0.3 is 0 Å². The lowest BCUT2D eigenvalue weighted by atomic mass is 10.0. The van der Waals surface area contributed by atoms with E-state index in [0.717, 1.165) is 19.3 Å². The zero-order chi connectivity index (χ0) is 24.8. The van der Waals surface area contributed by atoms with E-state index in [1.165, 1.54) is 28.6 Å². The van der Waals surface area contributed by atoms with E-state index >= 15 is 0 Å². The van der Waals surface area contributed by atoms with Crippen molar-refractivity contribution < 1.29 is 18.1 Å². The molecule has 1 amide bonds. The minimum atomic E-state index is -3.56. The van der Waals surface area contributed by atoms with Crippen LogP contribution in [-0.4, -0.2) is 36.6 Å². The molecule has 1 aliphatic heterocycles. The van der Waals surface area contributed by atoms with E-state index in [-0.39, 0.29) is 16.5 Å². The Balaban J connectivity index is 1.57. The van der Waals surface area contributed by atoms with Gasteiger partial charge in [0.2, 0.25) is 10.0 Å². The molecule has 0 saturated carbocycles. The first kappa shape index (κ1) is 24.3. The van der Waals surface area contributed by atoms with Crippen LogP contribution >= 0.6 is 0 Å². The third-order valence-corrected chi connectivity index (χ3v) is 7.72. The average molecular weight is 492 g/mol. The van der Waals surface area contributed by atoms with Gasteiger partial charge in [-0.1, -0.05) is 36.8 Å². The van der Waals surface area contributed by atoms with Crippen molar-refractivity contribution >= 4 is 39.0 Å². The van der Waals surface area contributed by atoms with Crippen LogP contribution in [-0.2, 0) is 14.8 Å². The molecule has 0 atom stereocenters. The van der Waals surface area contributed by atoms with Crippen molar-refractivity contribution in [1.29, 1.82) is 0 Å². The average Bonchev–Trinajstić information content (AvgIpc) is 2.89. The molecule has 0 aromatic heterocycles. The molecular weight excluding hydrogens is 466 g/mol. The maximum atomic E-state index is 13.2. The number of carbonyl (C=O) groups excluding carboxylic acids is 1. The fourth-order valence-electron chi connectivity index (χ4n) is 3.92. The van der Waals surface area contributed by atoms with E-state index < -0.39 is 14.9 Å². The molecule has 0 spiro atoms. The molecule has 1 heterocycles. The van der Waals surface area contributed by atoms with Crippen molar-refractivity contribution in [1.82, 2.24) is 4.31 Å². The molecule has 0 bridgehead atoms. The van der Waals surface area contributed by atoms with Gasteiger partial charge in [0.1, 0.15) is 0 Å². The molecule has 0 aliphatic carbocycles. The SMILES string of the molecule is O=C(Nc1ccc(S(=O)(=O)N2CCCCC2)cc1)/C(=C/c1ccc([N+](=O)[O-])cc1)c1ccccc1. The molecule has 0 unspecified atom stereocenters. The molecule has 3 aromatic rings. The molecule has 9 heteroatoms. The Labute approximate surface area is 204 Å². The van der Waals surface area contributed by atoms with Crippen LogP contribution in [0.1, 0.15) is 30.4 Å². The highest BCUT2D eigenvalue weighted by atomic mass is 32.2. The number of nitro benzene ring substituents is 1. The number of amides is 1. The molecule has 4 rings (SSSR count). The Morgan fingerprint density at radius 3 is 2.11 bits per heavy atom. The second kappa shape index (κ2) is 10.6. The molecule has 180 valence electrons. The van der Waals surface area contributed by atoms with Crippen LogP contribution in [0.4, 0.5) is 11.4 Å². The van der Waals surface area contributed by atoms with E-state index in [1.54, 1.807) is 42.5 Å². The maximum Gasteiger partial charge on any atom is 0.269 e. The summed E-state index contributed by atoms with van der Waals surface area (Å²) in [5.41, 5.74) is 2.09. The Morgan fingerprint density at radius 2 is 1.51 bits per heavy atom. The van der Waals surface area contributed by atoms with E-state index in [2.05, 4.69) is 5.32 Å². The summed E-state index contributed by atoms with van der Waals surface area (Å²) in [7, 11) is -3.56. The van der Waals surface area contributed by atoms with Crippen LogP contribution in [0.5, 0.6) is 0 Å². The minimum absolute atomic E-state index is 0.0348. The molecule has 1 fully saturated rings. The molecule has 1 aliphatic rings. The number of nitrogens with one attached hydrogen (secondary N) is 1. The van der Waals surface area contributed by atoms with Crippen molar-refractivity contribution in [3.8, 4) is 0 Å². The van der Waals surface area contributed by atoms with Gasteiger partial charge < -0.3 is 5.32 Å². The quantitative estimate of drug-likeness (QED) is 0.218. The van der Waals surface area contributed by atoms with Crippen LogP contribution in [0, 0.1) is 10.1 Å². The van der Waals surface area contributed by atoms with Crippen LogP contribution in [0.3, 0.4) is 0 Å². The van der Waals surface area contributed by atoms with Crippen molar-refractivity contribution in [2.45, 2.75) is 24.2 Å². The Kier molecular flexibility index (Phi) is 7.38. The van der Waals surface area contributed by atoms with Gasteiger partial charge in [0.05, 0.1) is 9.82 Å². The van der Waals surface area contributed by atoms with Gasteiger partial charge in [0.15, 0.2) is 0 Å². The number of nitro groups is 1. The normalized spacial score (nSPS) is 14.9. The van der Waals surface area contributed by atoms with Gasteiger partial charge in [0.25, 0.3) is 11.6 Å². The third kappa shape index (κ3) is 5.82. The van der Waals surface area contributed by atoms with Crippen LogP contribution < -0.4 is 5.32 Å². The number of carbonyl (C=O) groups is 1. The standard InChI is InChI=1S/C26H25N3O5S/c30-26(27-22-11-15-24(16-12-22)35(33,34)28-17-5-2-6-18-28)25(21-7-3-1-4-8-21)19-20-9-13-23(14-10-20)29(31)32/h1,3-4,7-16,19H,2,5-6,17-18H2,(H,27,30)/b25-19+. The zero-order valence-electron chi connectivity index (χ0n) is 19.0.